The Bertz CT molecular complexity index is 647. The normalized spacial score (nSPS) is 12.5. The van der Waals surface area contributed by atoms with E-state index in [2.05, 4.69) is 34.1 Å². The minimum absolute atomic E-state index is 0.00702. The van der Waals surface area contributed by atoms with Gasteiger partial charge >= 0.3 is 0 Å². The van der Waals surface area contributed by atoms with Crippen LogP contribution in [0.25, 0.3) is 0 Å². The number of Topliss-reactive ketones (excluding diaryl/α,β-unsaturated/α-hetero) is 1. The van der Waals surface area contributed by atoms with Gasteiger partial charge in [0, 0.05) is 25.6 Å². The lowest BCUT2D eigenvalue weighted by Crippen LogP contribution is -2.22. The van der Waals surface area contributed by atoms with Crippen molar-refractivity contribution in [3.05, 3.63) is 35.7 Å². The Morgan fingerprint density at radius 1 is 1.33 bits per heavy atom. The zero-order chi connectivity index (χ0) is 15.6. The molecule has 0 aliphatic heterocycles. The minimum Gasteiger partial charge on any atom is -0.344 e. The molecule has 1 unspecified atom stereocenters. The number of anilines is 1. The van der Waals surface area contributed by atoms with E-state index < -0.39 is 0 Å². The number of carbonyl (C=O) groups excluding carboxylic acids is 1. The molecule has 0 aliphatic carbocycles. The van der Waals surface area contributed by atoms with Crippen LogP contribution in [0.4, 0.5) is 5.95 Å². The number of hydrogen-bond donors (Lipinski definition) is 1. The Balaban J connectivity index is 2.28. The molecule has 0 bridgehead atoms. The third kappa shape index (κ3) is 3.26. The molecule has 2 aromatic rings. The average Bonchev–Trinajstić information content (AvgIpc) is 2.81. The maximum atomic E-state index is 11.4. The van der Waals surface area contributed by atoms with Gasteiger partial charge in [0.25, 0.3) is 0 Å². The highest BCUT2D eigenvalue weighted by Gasteiger charge is 2.21. The highest BCUT2D eigenvalue weighted by atomic mass is 16.1. The fraction of sp³-hybridized carbons (Fsp3) is 0.467. The number of imidazole rings is 1. The van der Waals surface area contributed by atoms with Gasteiger partial charge in [-0.25, -0.2) is 15.0 Å². The van der Waals surface area contributed by atoms with Crippen LogP contribution in [-0.4, -0.2) is 25.3 Å². The first kappa shape index (κ1) is 15.2. The fourth-order valence-corrected chi connectivity index (χ4v) is 2.23. The van der Waals surface area contributed by atoms with E-state index in [0.717, 1.165) is 5.82 Å². The molecule has 0 fully saturated rings. The van der Waals surface area contributed by atoms with Crippen molar-refractivity contribution in [1.82, 2.24) is 19.5 Å². The smallest absolute Gasteiger partial charge is 0.223 e. The second kappa shape index (κ2) is 6.03. The largest absolute Gasteiger partial charge is 0.344 e. The molecule has 21 heavy (non-hydrogen) atoms. The summed E-state index contributed by atoms with van der Waals surface area (Å²) in [5.74, 6) is 1.74. The molecule has 0 spiro atoms. The molecule has 1 atom stereocenters. The first-order valence-corrected chi connectivity index (χ1v) is 6.98. The lowest BCUT2D eigenvalue weighted by molar-refractivity contribution is 0.101. The van der Waals surface area contributed by atoms with E-state index in [9.17, 15) is 4.79 Å². The molecule has 1 N–H and O–H groups in total. The van der Waals surface area contributed by atoms with Gasteiger partial charge in [0.2, 0.25) is 5.95 Å². The SMILES string of the molecule is CC(=O)c1cnc(NC(c2nccn2C)C(C)C)nc1C. The molecule has 2 aromatic heterocycles. The summed E-state index contributed by atoms with van der Waals surface area (Å²) in [5.41, 5.74) is 1.24. The van der Waals surface area contributed by atoms with Crippen molar-refractivity contribution in [3.8, 4) is 0 Å². The molecule has 2 heterocycles. The molecule has 6 heteroatoms. The lowest BCUT2D eigenvalue weighted by atomic mass is 10.0. The maximum absolute atomic E-state index is 11.4. The average molecular weight is 287 g/mol. The molecule has 0 amide bonds. The fourth-order valence-electron chi connectivity index (χ4n) is 2.23. The number of rotatable bonds is 5. The molecule has 2 rings (SSSR count). The number of nitrogens with one attached hydrogen (secondary N) is 1. The van der Waals surface area contributed by atoms with Gasteiger partial charge in [-0.2, -0.15) is 0 Å². The van der Waals surface area contributed by atoms with Gasteiger partial charge in [-0.15, -0.1) is 0 Å². The number of hydrogen-bond acceptors (Lipinski definition) is 5. The first-order valence-electron chi connectivity index (χ1n) is 6.98. The van der Waals surface area contributed by atoms with Crippen LogP contribution < -0.4 is 5.32 Å². The first-order chi connectivity index (χ1) is 9.90. The van der Waals surface area contributed by atoms with Crippen LogP contribution in [0.2, 0.25) is 0 Å². The van der Waals surface area contributed by atoms with E-state index in [0.29, 0.717) is 23.1 Å². The highest BCUT2D eigenvalue weighted by Crippen LogP contribution is 2.23. The van der Waals surface area contributed by atoms with Crippen LogP contribution in [-0.2, 0) is 7.05 Å². The van der Waals surface area contributed by atoms with E-state index in [-0.39, 0.29) is 11.8 Å². The zero-order valence-corrected chi connectivity index (χ0v) is 13.1. The Kier molecular flexibility index (Phi) is 4.35. The third-order valence-electron chi connectivity index (χ3n) is 3.45. The quantitative estimate of drug-likeness (QED) is 0.855. The van der Waals surface area contributed by atoms with Crippen LogP contribution in [0.5, 0.6) is 0 Å². The Morgan fingerprint density at radius 3 is 2.52 bits per heavy atom. The van der Waals surface area contributed by atoms with E-state index in [4.69, 9.17) is 0 Å². The molecule has 0 aliphatic rings. The Hall–Kier alpha value is -2.24. The van der Waals surface area contributed by atoms with Crippen LogP contribution in [0.1, 0.15) is 48.7 Å². The number of carbonyl (C=O) groups is 1. The number of aryl methyl sites for hydroxylation is 2. The standard InChI is InChI=1S/C15H21N5O/c1-9(2)13(14-16-6-7-20(14)5)19-15-17-8-12(11(4)21)10(3)18-15/h6-9,13H,1-5H3,(H,17,18,19). The summed E-state index contributed by atoms with van der Waals surface area (Å²) in [6.07, 6.45) is 5.26. The van der Waals surface area contributed by atoms with Crippen LogP contribution in [0.3, 0.4) is 0 Å². The monoisotopic (exact) mass is 287 g/mol. The van der Waals surface area contributed by atoms with Gasteiger partial charge in [-0.05, 0) is 19.8 Å². The number of aromatic nitrogens is 4. The van der Waals surface area contributed by atoms with Gasteiger partial charge in [-0.3, -0.25) is 4.79 Å². The molecular weight excluding hydrogens is 266 g/mol. The van der Waals surface area contributed by atoms with E-state index in [1.807, 2.05) is 24.7 Å². The molecule has 0 radical (unpaired) electrons. The second-order valence-corrected chi connectivity index (χ2v) is 5.51. The van der Waals surface area contributed by atoms with Crippen molar-refractivity contribution >= 4 is 11.7 Å². The van der Waals surface area contributed by atoms with Crippen LogP contribution >= 0.6 is 0 Å². The van der Waals surface area contributed by atoms with Crippen LogP contribution in [0.15, 0.2) is 18.6 Å². The molecule has 0 saturated carbocycles. The van der Waals surface area contributed by atoms with Gasteiger partial charge in [0.15, 0.2) is 5.78 Å². The maximum Gasteiger partial charge on any atom is 0.223 e. The highest BCUT2D eigenvalue weighted by molar-refractivity contribution is 5.94. The van der Waals surface area contributed by atoms with Gasteiger partial charge < -0.3 is 9.88 Å². The summed E-state index contributed by atoms with van der Waals surface area (Å²) in [6.45, 7) is 7.56. The van der Waals surface area contributed by atoms with Gasteiger partial charge in [-0.1, -0.05) is 13.8 Å². The summed E-state index contributed by atoms with van der Waals surface area (Å²) in [5, 5.41) is 3.31. The Labute approximate surface area is 124 Å². The molecule has 6 nitrogen and oxygen atoms in total. The van der Waals surface area contributed by atoms with Crippen molar-refractivity contribution in [2.75, 3.05) is 5.32 Å². The van der Waals surface area contributed by atoms with Crippen molar-refractivity contribution < 1.29 is 4.79 Å². The van der Waals surface area contributed by atoms with E-state index in [1.165, 1.54) is 6.92 Å². The van der Waals surface area contributed by atoms with Crippen molar-refractivity contribution in [3.63, 3.8) is 0 Å². The molecule has 0 aromatic carbocycles. The summed E-state index contributed by atoms with van der Waals surface area (Å²) < 4.78 is 1.98. The summed E-state index contributed by atoms with van der Waals surface area (Å²) in [7, 11) is 1.96. The van der Waals surface area contributed by atoms with E-state index >= 15 is 0 Å². The van der Waals surface area contributed by atoms with E-state index in [1.54, 1.807) is 12.4 Å². The van der Waals surface area contributed by atoms with Crippen LogP contribution in [0, 0.1) is 12.8 Å². The summed E-state index contributed by atoms with van der Waals surface area (Å²) in [6, 6.07) is 0.00702. The third-order valence-corrected chi connectivity index (χ3v) is 3.45. The molecular formula is C15H21N5O. The van der Waals surface area contributed by atoms with Gasteiger partial charge in [0.1, 0.15) is 5.82 Å². The van der Waals surface area contributed by atoms with Crippen molar-refractivity contribution in [2.24, 2.45) is 13.0 Å². The topological polar surface area (TPSA) is 72.7 Å². The van der Waals surface area contributed by atoms with Gasteiger partial charge in [0.05, 0.1) is 17.3 Å². The number of ketones is 1. The summed E-state index contributed by atoms with van der Waals surface area (Å²) >= 11 is 0. The number of nitrogens with zero attached hydrogens (tertiary/aromatic N) is 4. The molecule has 0 saturated heterocycles. The summed E-state index contributed by atoms with van der Waals surface area (Å²) in [4.78, 5) is 24.4. The second-order valence-electron chi connectivity index (χ2n) is 5.51. The van der Waals surface area contributed by atoms with Crippen molar-refractivity contribution in [2.45, 2.75) is 33.7 Å². The minimum atomic E-state index is -0.0245. The zero-order valence-electron chi connectivity index (χ0n) is 13.1. The van der Waals surface area contributed by atoms with Crippen molar-refractivity contribution in [1.29, 1.82) is 0 Å². The predicted octanol–water partition coefficient (Wildman–Crippen LogP) is 2.53. The lowest BCUT2D eigenvalue weighted by Gasteiger charge is -2.22. The predicted molar refractivity (Wildman–Crippen MR) is 81.2 cm³/mol. The molecule has 112 valence electrons. The Morgan fingerprint density at radius 2 is 2.05 bits per heavy atom.